The lowest BCUT2D eigenvalue weighted by molar-refractivity contribution is 0.212. The fourth-order valence-corrected chi connectivity index (χ4v) is 2.46. The van der Waals surface area contributed by atoms with Gasteiger partial charge in [0, 0.05) is 23.9 Å². The number of nitrogens with one attached hydrogen (secondary N) is 2. The van der Waals surface area contributed by atoms with Crippen LogP contribution in [-0.4, -0.2) is 37.3 Å². The maximum atomic E-state index is 13.4. The lowest BCUT2D eigenvalue weighted by atomic mass is 9.85. The van der Waals surface area contributed by atoms with Crippen molar-refractivity contribution in [2.75, 3.05) is 26.2 Å². The second-order valence-corrected chi connectivity index (χ2v) is 7.10. The van der Waals surface area contributed by atoms with Gasteiger partial charge in [-0.3, -0.25) is 4.99 Å². The molecular formula is C18H29FIN3O. The summed E-state index contributed by atoms with van der Waals surface area (Å²) < 4.78 is 13.4. The number of aliphatic hydroxyl groups is 1. The topological polar surface area (TPSA) is 56.7 Å². The number of halogens is 2. The molecule has 0 radical (unpaired) electrons. The second-order valence-electron chi connectivity index (χ2n) is 7.10. The molecule has 1 aromatic carbocycles. The molecule has 4 nitrogen and oxygen atoms in total. The summed E-state index contributed by atoms with van der Waals surface area (Å²) in [6.07, 6.45) is 2.12. The minimum Gasteiger partial charge on any atom is -0.396 e. The average Bonchev–Trinajstić information content (AvgIpc) is 3.31. The number of rotatable bonds is 7. The smallest absolute Gasteiger partial charge is 0.191 e. The van der Waals surface area contributed by atoms with Crippen LogP contribution in [0.15, 0.2) is 29.3 Å². The van der Waals surface area contributed by atoms with E-state index >= 15 is 0 Å². The number of aliphatic imine (C=N–C) groups is 1. The summed E-state index contributed by atoms with van der Waals surface area (Å²) in [6.45, 7) is 8.42. The number of hydrogen-bond donors (Lipinski definition) is 3. The first-order valence-corrected chi connectivity index (χ1v) is 8.30. The summed E-state index contributed by atoms with van der Waals surface area (Å²) in [6, 6.07) is 6.70. The van der Waals surface area contributed by atoms with E-state index in [1.54, 1.807) is 12.1 Å². The molecule has 24 heavy (non-hydrogen) atoms. The predicted octanol–water partition coefficient (Wildman–Crippen LogP) is 3.05. The Morgan fingerprint density at radius 3 is 2.58 bits per heavy atom. The number of guanidine groups is 1. The molecule has 0 aromatic heterocycles. The molecular weight excluding hydrogens is 420 g/mol. The number of benzene rings is 1. The van der Waals surface area contributed by atoms with Gasteiger partial charge < -0.3 is 15.7 Å². The molecule has 1 saturated carbocycles. The van der Waals surface area contributed by atoms with Gasteiger partial charge in [0.2, 0.25) is 0 Å². The minimum absolute atomic E-state index is 0. The van der Waals surface area contributed by atoms with Crippen molar-refractivity contribution in [2.45, 2.75) is 39.0 Å². The molecule has 1 aliphatic carbocycles. The van der Waals surface area contributed by atoms with Crippen LogP contribution in [0.3, 0.4) is 0 Å². The zero-order valence-corrected chi connectivity index (χ0v) is 17.1. The fourth-order valence-electron chi connectivity index (χ4n) is 2.46. The number of aliphatic hydroxyl groups excluding tert-OH is 1. The Hall–Kier alpha value is -0.890. The van der Waals surface area contributed by atoms with Crippen molar-refractivity contribution in [3.05, 3.63) is 35.6 Å². The maximum absolute atomic E-state index is 13.4. The highest BCUT2D eigenvalue weighted by molar-refractivity contribution is 14.0. The van der Waals surface area contributed by atoms with E-state index in [9.17, 15) is 9.50 Å². The van der Waals surface area contributed by atoms with Gasteiger partial charge in [-0.1, -0.05) is 26.0 Å². The third kappa shape index (κ3) is 5.88. The van der Waals surface area contributed by atoms with Crippen LogP contribution in [0.1, 0.15) is 39.2 Å². The Morgan fingerprint density at radius 2 is 2.04 bits per heavy atom. The molecule has 0 atom stereocenters. The van der Waals surface area contributed by atoms with Crippen molar-refractivity contribution in [1.29, 1.82) is 0 Å². The summed E-state index contributed by atoms with van der Waals surface area (Å²) in [5.74, 6) is 0.528. The van der Waals surface area contributed by atoms with E-state index in [0.717, 1.165) is 37.5 Å². The SMILES string of the molecule is CCNC(=NCC(C)(C)c1cccc(F)c1)NCC1(CO)CC1.I. The van der Waals surface area contributed by atoms with Gasteiger partial charge in [-0.15, -0.1) is 24.0 Å². The van der Waals surface area contributed by atoms with Crippen LogP contribution < -0.4 is 10.6 Å². The van der Waals surface area contributed by atoms with Crippen LogP contribution in [0.5, 0.6) is 0 Å². The van der Waals surface area contributed by atoms with Gasteiger partial charge >= 0.3 is 0 Å². The molecule has 0 spiro atoms. The quantitative estimate of drug-likeness (QED) is 0.341. The van der Waals surface area contributed by atoms with Gasteiger partial charge in [0.05, 0.1) is 13.2 Å². The van der Waals surface area contributed by atoms with Gasteiger partial charge in [0.25, 0.3) is 0 Å². The summed E-state index contributed by atoms with van der Waals surface area (Å²) >= 11 is 0. The van der Waals surface area contributed by atoms with Crippen LogP contribution in [-0.2, 0) is 5.41 Å². The highest BCUT2D eigenvalue weighted by Crippen LogP contribution is 2.44. The Balaban J connectivity index is 0.00000288. The minimum atomic E-state index is -0.251. The fraction of sp³-hybridized carbons (Fsp3) is 0.611. The first-order chi connectivity index (χ1) is 10.9. The third-order valence-corrected chi connectivity index (χ3v) is 4.51. The lowest BCUT2D eigenvalue weighted by Crippen LogP contribution is -2.41. The first kappa shape index (κ1) is 21.2. The van der Waals surface area contributed by atoms with Crippen LogP contribution in [0, 0.1) is 11.2 Å². The Labute approximate surface area is 161 Å². The van der Waals surface area contributed by atoms with Gasteiger partial charge in [-0.25, -0.2) is 4.39 Å². The van der Waals surface area contributed by atoms with Crippen LogP contribution in [0.4, 0.5) is 4.39 Å². The normalized spacial score (nSPS) is 16.3. The third-order valence-electron chi connectivity index (χ3n) is 4.51. The van der Waals surface area contributed by atoms with Crippen LogP contribution in [0.25, 0.3) is 0 Å². The molecule has 1 aliphatic rings. The predicted molar refractivity (Wildman–Crippen MR) is 108 cm³/mol. The van der Waals surface area contributed by atoms with E-state index in [0.29, 0.717) is 6.54 Å². The molecule has 0 unspecified atom stereocenters. The van der Waals surface area contributed by atoms with Crippen LogP contribution in [0.2, 0.25) is 0 Å². The van der Waals surface area contributed by atoms with Crippen molar-refractivity contribution < 1.29 is 9.50 Å². The molecule has 0 aliphatic heterocycles. The van der Waals surface area contributed by atoms with Crippen LogP contribution >= 0.6 is 24.0 Å². The number of nitrogens with zero attached hydrogens (tertiary/aromatic N) is 1. The Kier molecular flexibility index (Phi) is 7.92. The summed E-state index contributed by atoms with van der Waals surface area (Å²) in [5, 5.41) is 15.9. The molecule has 136 valence electrons. The molecule has 0 bridgehead atoms. The molecule has 0 heterocycles. The lowest BCUT2D eigenvalue weighted by Gasteiger charge is -2.24. The van der Waals surface area contributed by atoms with E-state index in [4.69, 9.17) is 0 Å². The molecule has 1 aromatic rings. The van der Waals surface area contributed by atoms with Crippen molar-refractivity contribution in [2.24, 2.45) is 10.4 Å². The largest absolute Gasteiger partial charge is 0.396 e. The Morgan fingerprint density at radius 1 is 1.33 bits per heavy atom. The van der Waals surface area contributed by atoms with Gasteiger partial charge in [-0.2, -0.15) is 0 Å². The first-order valence-electron chi connectivity index (χ1n) is 8.30. The summed E-state index contributed by atoms with van der Waals surface area (Å²) in [4.78, 5) is 4.65. The second kappa shape index (κ2) is 8.99. The monoisotopic (exact) mass is 449 g/mol. The van der Waals surface area contributed by atoms with Gasteiger partial charge in [0.1, 0.15) is 5.82 Å². The molecule has 0 saturated heterocycles. The van der Waals surface area contributed by atoms with Crippen molar-refractivity contribution >= 4 is 29.9 Å². The van der Waals surface area contributed by atoms with E-state index in [-0.39, 0.29) is 47.2 Å². The summed E-state index contributed by atoms with van der Waals surface area (Å²) in [5.41, 5.74) is 0.721. The van der Waals surface area contributed by atoms with E-state index in [2.05, 4.69) is 29.5 Å². The zero-order chi connectivity index (χ0) is 16.9. The standard InChI is InChI=1S/C18H28FN3O.HI/c1-4-20-16(22-12-18(13-23)8-9-18)21-11-17(2,3)14-6-5-7-15(19)10-14;/h5-7,10,23H,4,8-9,11-13H2,1-3H3,(H2,20,21,22);1H. The van der Waals surface area contributed by atoms with Crippen molar-refractivity contribution in [3.8, 4) is 0 Å². The molecule has 2 rings (SSSR count). The van der Waals surface area contributed by atoms with E-state index < -0.39 is 0 Å². The molecule has 1 fully saturated rings. The highest BCUT2D eigenvalue weighted by Gasteiger charge is 2.41. The summed E-state index contributed by atoms with van der Waals surface area (Å²) in [7, 11) is 0. The zero-order valence-electron chi connectivity index (χ0n) is 14.7. The van der Waals surface area contributed by atoms with E-state index in [1.165, 1.54) is 6.07 Å². The molecule has 0 amide bonds. The molecule has 3 N–H and O–H groups in total. The molecule has 6 heteroatoms. The highest BCUT2D eigenvalue weighted by atomic mass is 127. The average molecular weight is 449 g/mol. The van der Waals surface area contributed by atoms with E-state index in [1.807, 2.05) is 13.0 Å². The maximum Gasteiger partial charge on any atom is 0.191 e. The number of hydrogen-bond acceptors (Lipinski definition) is 2. The van der Waals surface area contributed by atoms with Crippen molar-refractivity contribution in [3.63, 3.8) is 0 Å². The van der Waals surface area contributed by atoms with Gasteiger partial charge in [-0.05, 0) is 37.5 Å². The van der Waals surface area contributed by atoms with Gasteiger partial charge in [0.15, 0.2) is 5.96 Å². The Bertz CT molecular complexity index is 559. The van der Waals surface area contributed by atoms with Crippen molar-refractivity contribution in [1.82, 2.24) is 10.6 Å².